The average Bonchev–Trinajstić information content (AvgIpc) is 3.94. The first-order chi connectivity index (χ1) is 34.7. The fraction of sp³-hybridized carbons (Fsp3) is 0. The normalized spacial score (nSPS) is 12.0. The van der Waals surface area contributed by atoms with Gasteiger partial charge in [-0.2, -0.15) is 0 Å². The monoisotopic (exact) mass is 889 g/mol. The van der Waals surface area contributed by atoms with Gasteiger partial charge in [-0.3, -0.25) is 0 Å². The van der Waals surface area contributed by atoms with Crippen molar-refractivity contribution < 1.29 is 0 Å². The van der Waals surface area contributed by atoms with Gasteiger partial charge in [0.1, 0.15) is 0 Å². The van der Waals surface area contributed by atoms with E-state index in [0.29, 0.717) is 17.5 Å². The molecule has 0 unspecified atom stereocenters. The second-order valence-electron chi connectivity index (χ2n) is 18.4. The van der Waals surface area contributed by atoms with E-state index in [9.17, 15) is 0 Å². The van der Waals surface area contributed by atoms with Crippen molar-refractivity contribution >= 4 is 97.5 Å². The second-order valence-corrected chi connectivity index (χ2v) is 18.4. The highest BCUT2D eigenvalue weighted by atomic mass is 15.0. The van der Waals surface area contributed by atoms with Crippen LogP contribution in [0.1, 0.15) is 0 Å². The average molecular weight is 890 g/mol. The molecule has 0 saturated heterocycles. The van der Waals surface area contributed by atoms with Crippen LogP contribution >= 0.6 is 0 Å². The summed E-state index contributed by atoms with van der Waals surface area (Å²) in [6.07, 6.45) is 0. The summed E-state index contributed by atoms with van der Waals surface area (Å²) in [6, 6.07) is 85.4. The zero-order valence-electron chi connectivity index (χ0n) is 37.8. The number of para-hydroxylation sites is 3. The predicted molar refractivity (Wildman–Crippen MR) is 292 cm³/mol. The lowest BCUT2D eigenvalue weighted by Crippen LogP contribution is -2.02. The second kappa shape index (κ2) is 15.0. The third-order valence-corrected chi connectivity index (χ3v) is 14.4. The van der Waals surface area contributed by atoms with Gasteiger partial charge in [-0.1, -0.05) is 170 Å². The van der Waals surface area contributed by atoms with Crippen LogP contribution < -0.4 is 0 Å². The molecule has 0 radical (unpaired) electrons. The number of nitrogens with zero attached hydrogens (tertiary/aromatic N) is 5. The molecule has 0 amide bonds. The smallest absolute Gasteiger partial charge is 0.164 e. The Balaban J connectivity index is 0.966. The van der Waals surface area contributed by atoms with E-state index in [0.717, 1.165) is 55.3 Å². The fourth-order valence-corrected chi connectivity index (χ4v) is 11.2. The zero-order chi connectivity index (χ0) is 45.9. The van der Waals surface area contributed by atoms with E-state index in [1.165, 1.54) is 70.3 Å². The molecule has 15 aromatic rings. The summed E-state index contributed by atoms with van der Waals surface area (Å²) in [6.45, 7) is 0. The van der Waals surface area contributed by atoms with E-state index in [-0.39, 0.29) is 0 Å². The molecule has 0 atom stereocenters. The summed E-state index contributed by atoms with van der Waals surface area (Å²) < 4.78 is 4.82. The van der Waals surface area contributed by atoms with E-state index < -0.39 is 0 Å². The molecule has 0 aliphatic rings. The quantitative estimate of drug-likeness (QED) is 0.162. The van der Waals surface area contributed by atoms with Crippen LogP contribution in [-0.2, 0) is 0 Å². The summed E-state index contributed by atoms with van der Waals surface area (Å²) in [4.78, 5) is 16.1. The van der Waals surface area contributed by atoms with Crippen LogP contribution in [0.4, 0.5) is 0 Å². The third-order valence-electron chi connectivity index (χ3n) is 14.4. The van der Waals surface area contributed by atoms with E-state index in [4.69, 9.17) is 15.0 Å². The highest BCUT2D eigenvalue weighted by Crippen LogP contribution is 2.40. The molecule has 0 fully saturated rings. The first kappa shape index (κ1) is 38.6. The molecule has 12 aromatic carbocycles. The van der Waals surface area contributed by atoms with Gasteiger partial charge in [0.05, 0.1) is 22.1 Å². The Morgan fingerprint density at radius 3 is 1.41 bits per heavy atom. The number of benzene rings is 12. The lowest BCUT2D eigenvalue weighted by Gasteiger charge is -2.15. The molecule has 5 nitrogen and oxygen atoms in total. The van der Waals surface area contributed by atoms with Crippen LogP contribution in [0, 0.1) is 0 Å². The van der Waals surface area contributed by atoms with Crippen molar-refractivity contribution in [3.63, 3.8) is 0 Å². The number of hydrogen-bond donors (Lipinski definition) is 0. The fourth-order valence-electron chi connectivity index (χ4n) is 11.2. The maximum Gasteiger partial charge on any atom is 0.164 e. The molecule has 324 valence electrons. The van der Waals surface area contributed by atoms with Gasteiger partial charge in [0.15, 0.2) is 17.5 Å². The molecule has 0 aliphatic carbocycles. The number of hydrogen-bond acceptors (Lipinski definition) is 3. The van der Waals surface area contributed by atoms with Gasteiger partial charge in [0, 0.05) is 49.6 Å². The van der Waals surface area contributed by atoms with Crippen LogP contribution in [0.25, 0.3) is 143 Å². The van der Waals surface area contributed by atoms with Gasteiger partial charge in [-0.25, -0.2) is 15.0 Å². The van der Waals surface area contributed by atoms with Crippen molar-refractivity contribution in [1.29, 1.82) is 0 Å². The summed E-state index contributed by atoms with van der Waals surface area (Å²) in [7, 11) is 0. The Bertz CT molecular complexity index is 4620. The lowest BCUT2D eigenvalue weighted by atomic mass is 9.99. The summed E-state index contributed by atoms with van der Waals surface area (Å²) in [5, 5.41) is 16.5. The number of fused-ring (bicyclic) bond motifs is 12. The summed E-state index contributed by atoms with van der Waals surface area (Å²) in [5.74, 6) is 1.87. The van der Waals surface area contributed by atoms with E-state index in [1.54, 1.807) is 0 Å². The van der Waals surface area contributed by atoms with E-state index in [1.807, 2.05) is 0 Å². The van der Waals surface area contributed by atoms with Gasteiger partial charge in [0.2, 0.25) is 0 Å². The van der Waals surface area contributed by atoms with Crippen molar-refractivity contribution in [2.45, 2.75) is 0 Å². The van der Waals surface area contributed by atoms with Crippen LogP contribution in [-0.4, -0.2) is 24.1 Å². The summed E-state index contributed by atoms with van der Waals surface area (Å²) >= 11 is 0. The SMILES string of the molecule is c1ccc2cc(-c3nc(-c4ccc5ccc6ccccc6c5c4)nc(-c4cc(-n5c6ccccc6c6cc7ccc(-n8c9ccccc9c9ccccc98)cc7cc65)cc5ccccc45)n3)ccc2c1. The predicted octanol–water partition coefficient (Wildman–Crippen LogP) is 16.8. The minimum atomic E-state index is 0.617. The van der Waals surface area contributed by atoms with Crippen molar-refractivity contribution in [2.24, 2.45) is 0 Å². The van der Waals surface area contributed by atoms with Crippen molar-refractivity contribution in [1.82, 2.24) is 24.1 Å². The molecule has 0 N–H and O–H groups in total. The standard InChI is InChI=1S/C65H39N5/c1-2-15-43-33-46(29-25-40(43)13-1)63-66-64(47-30-28-42-27-26-41-14-3-5-17-51(41)56(42)37-47)68-65(67-63)58-39-50(34-45-16-4-6-18-52(45)58)70-61-24-12-9-21-55(61)57-36-44-31-32-49(35-48(44)38-62(57)70)69-59-22-10-7-19-53(59)54-20-8-11-23-60(54)69/h1-39H. The van der Waals surface area contributed by atoms with Crippen molar-refractivity contribution in [3.8, 4) is 45.5 Å². The van der Waals surface area contributed by atoms with Crippen LogP contribution in [0.5, 0.6) is 0 Å². The van der Waals surface area contributed by atoms with Gasteiger partial charge in [0.25, 0.3) is 0 Å². The summed E-state index contributed by atoms with van der Waals surface area (Å²) in [5.41, 5.74) is 9.62. The van der Waals surface area contributed by atoms with Gasteiger partial charge in [-0.05, 0) is 121 Å². The molecule has 0 aliphatic heterocycles. The third kappa shape index (κ3) is 5.95. The Morgan fingerprint density at radius 2 is 0.700 bits per heavy atom. The molecule has 3 heterocycles. The van der Waals surface area contributed by atoms with Crippen LogP contribution in [0.3, 0.4) is 0 Å². The van der Waals surface area contributed by atoms with Gasteiger partial charge in [-0.15, -0.1) is 0 Å². The minimum Gasteiger partial charge on any atom is -0.309 e. The zero-order valence-corrected chi connectivity index (χ0v) is 37.8. The molecule has 70 heavy (non-hydrogen) atoms. The number of rotatable bonds is 5. The molecular formula is C65H39N5. The Morgan fingerprint density at radius 1 is 0.229 bits per heavy atom. The highest BCUT2D eigenvalue weighted by Gasteiger charge is 2.20. The minimum absolute atomic E-state index is 0.617. The molecule has 5 heteroatoms. The first-order valence-electron chi connectivity index (χ1n) is 23.8. The molecule has 0 spiro atoms. The Kier molecular flexibility index (Phi) is 8.29. The van der Waals surface area contributed by atoms with Crippen LogP contribution in [0.2, 0.25) is 0 Å². The highest BCUT2D eigenvalue weighted by molar-refractivity contribution is 6.15. The lowest BCUT2D eigenvalue weighted by molar-refractivity contribution is 1.08. The van der Waals surface area contributed by atoms with E-state index >= 15 is 0 Å². The maximum atomic E-state index is 5.43. The molecule has 3 aromatic heterocycles. The van der Waals surface area contributed by atoms with Gasteiger partial charge >= 0.3 is 0 Å². The van der Waals surface area contributed by atoms with Crippen molar-refractivity contribution in [2.75, 3.05) is 0 Å². The first-order valence-corrected chi connectivity index (χ1v) is 23.8. The number of aromatic nitrogens is 5. The molecule has 15 rings (SSSR count). The molecule has 0 saturated carbocycles. The van der Waals surface area contributed by atoms with E-state index in [2.05, 4.69) is 246 Å². The van der Waals surface area contributed by atoms with Gasteiger partial charge < -0.3 is 9.13 Å². The largest absolute Gasteiger partial charge is 0.309 e. The Labute approximate surface area is 401 Å². The molecular weight excluding hydrogens is 851 g/mol. The Hall–Kier alpha value is -9.45. The topological polar surface area (TPSA) is 48.5 Å². The van der Waals surface area contributed by atoms with Crippen LogP contribution in [0.15, 0.2) is 237 Å². The maximum absolute atomic E-state index is 5.43. The molecule has 0 bridgehead atoms. The van der Waals surface area contributed by atoms with Crippen molar-refractivity contribution in [3.05, 3.63) is 237 Å².